The van der Waals surface area contributed by atoms with Gasteiger partial charge in [-0.15, -0.1) is 0 Å². The summed E-state index contributed by atoms with van der Waals surface area (Å²) in [6.45, 7) is 1.85. The second-order valence-electron chi connectivity index (χ2n) is 7.37. The molecular formula is C22H26N4O2. The lowest BCUT2D eigenvalue weighted by Gasteiger charge is -2.31. The Bertz CT molecular complexity index is 928. The van der Waals surface area contributed by atoms with Gasteiger partial charge in [0.15, 0.2) is 0 Å². The van der Waals surface area contributed by atoms with E-state index in [4.69, 9.17) is 5.26 Å². The molecule has 1 aliphatic heterocycles. The van der Waals surface area contributed by atoms with Crippen molar-refractivity contribution in [3.8, 4) is 6.07 Å². The molecule has 0 bridgehead atoms. The lowest BCUT2D eigenvalue weighted by molar-refractivity contribution is -0.137. The molecule has 1 fully saturated rings. The van der Waals surface area contributed by atoms with Crippen LogP contribution in [-0.2, 0) is 16.1 Å². The first-order valence-electron chi connectivity index (χ1n) is 9.64. The number of carbonyl (C=O) groups excluding carboxylic acids is 2. The molecule has 0 spiro atoms. The highest BCUT2D eigenvalue weighted by atomic mass is 16.2. The van der Waals surface area contributed by atoms with E-state index in [2.05, 4.69) is 10.6 Å². The number of carbonyl (C=O) groups is 2. The monoisotopic (exact) mass is 378 g/mol. The van der Waals surface area contributed by atoms with Crippen molar-refractivity contribution in [2.75, 3.05) is 27.2 Å². The predicted octanol–water partition coefficient (Wildman–Crippen LogP) is 2.89. The Labute approximate surface area is 165 Å². The lowest BCUT2D eigenvalue weighted by atomic mass is 9.95. The summed E-state index contributed by atoms with van der Waals surface area (Å²) in [7, 11) is 3.55. The molecule has 1 saturated heterocycles. The third-order valence-electron chi connectivity index (χ3n) is 5.29. The number of para-hydroxylation sites is 1. The molecule has 0 aliphatic carbocycles. The molecule has 1 aliphatic rings. The van der Waals surface area contributed by atoms with Gasteiger partial charge in [0.25, 0.3) is 0 Å². The van der Waals surface area contributed by atoms with E-state index in [-0.39, 0.29) is 17.7 Å². The van der Waals surface area contributed by atoms with E-state index < -0.39 is 0 Å². The lowest BCUT2D eigenvalue weighted by Crippen LogP contribution is -2.42. The Balaban J connectivity index is 1.68. The SMILES string of the molecule is CN(C)C(=O)C1CCN(C(=O)/C=C/c2cn(CCC#N)c3ccccc23)CC1. The van der Waals surface area contributed by atoms with Gasteiger partial charge in [-0.3, -0.25) is 9.59 Å². The Hall–Kier alpha value is -3.07. The third kappa shape index (κ3) is 4.25. The molecule has 0 saturated carbocycles. The summed E-state index contributed by atoms with van der Waals surface area (Å²) in [6, 6.07) is 10.2. The van der Waals surface area contributed by atoms with Gasteiger partial charge in [-0.05, 0) is 25.0 Å². The number of hydrogen-bond donors (Lipinski definition) is 0. The molecule has 2 aromatic rings. The van der Waals surface area contributed by atoms with Gasteiger partial charge >= 0.3 is 0 Å². The minimum Gasteiger partial charge on any atom is -0.349 e. The largest absolute Gasteiger partial charge is 0.349 e. The van der Waals surface area contributed by atoms with Crippen molar-refractivity contribution >= 4 is 28.8 Å². The average molecular weight is 378 g/mol. The van der Waals surface area contributed by atoms with Crippen LogP contribution in [0.25, 0.3) is 17.0 Å². The number of piperidine rings is 1. The fourth-order valence-electron chi connectivity index (χ4n) is 3.74. The number of aryl methyl sites for hydroxylation is 1. The van der Waals surface area contributed by atoms with Crippen LogP contribution >= 0.6 is 0 Å². The van der Waals surface area contributed by atoms with Gasteiger partial charge in [-0.2, -0.15) is 5.26 Å². The van der Waals surface area contributed by atoms with Crippen LogP contribution in [0.2, 0.25) is 0 Å². The molecule has 6 nitrogen and oxygen atoms in total. The second kappa shape index (κ2) is 8.75. The molecular weight excluding hydrogens is 352 g/mol. The maximum atomic E-state index is 12.6. The van der Waals surface area contributed by atoms with E-state index in [9.17, 15) is 9.59 Å². The molecule has 0 atom stereocenters. The number of likely N-dealkylation sites (tertiary alicyclic amines) is 1. The first-order chi connectivity index (χ1) is 13.5. The number of nitriles is 1. The number of nitrogens with zero attached hydrogens (tertiary/aromatic N) is 4. The molecule has 1 aromatic carbocycles. The van der Waals surface area contributed by atoms with E-state index in [1.165, 1.54) is 0 Å². The Morgan fingerprint density at radius 2 is 1.96 bits per heavy atom. The molecule has 0 unspecified atom stereocenters. The van der Waals surface area contributed by atoms with Gasteiger partial charge in [0.05, 0.1) is 12.5 Å². The smallest absolute Gasteiger partial charge is 0.246 e. The van der Waals surface area contributed by atoms with Crippen LogP contribution in [-0.4, -0.2) is 53.4 Å². The summed E-state index contributed by atoms with van der Waals surface area (Å²) in [5.74, 6) is 0.138. The van der Waals surface area contributed by atoms with Gasteiger partial charge in [-0.1, -0.05) is 18.2 Å². The standard InChI is InChI=1S/C22H26N4O2/c1-24(2)22(28)17-10-14-25(15-11-17)21(27)9-8-18-16-26(13-5-12-23)20-7-4-3-6-19(18)20/h3-4,6-9,16-17H,5,10-11,13-15H2,1-2H3/b9-8+. The molecule has 28 heavy (non-hydrogen) atoms. The van der Waals surface area contributed by atoms with E-state index in [1.54, 1.807) is 25.1 Å². The summed E-state index contributed by atoms with van der Waals surface area (Å²) in [6.07, 6.45) is 7.33. The molecule has 146 valence electrons. The predicted molar refractivity (Wildman–Crippen MR) is 109 cm³/mol. The zero-order valence-corrected chi connectivity index (χ0v) is 16.5. The van der Waals surface area contributed by atoms with Crippen LogP contribution in [0.4, 0.5) is 0 Å². The highest BCUT2D eigenvalue weighted by Crippen LogP contribution is 2.23. The Morgan fingerprint density at radius 1 is 1.25 bits per heavy atom. The highest BCUT2D eigenvalue weighted by molar-refractivity contribution is 5.96. The maximum Gasteiger partial charge on any atom is 0.246 e. The number of aromatic nitrogens is 1. The van der Waals surface area contributed by atoms with Crippen LogP contribution in [0.3, 0.4) is 0 Å². The first-order valence-corrected chi connectivity index (χ1v) is 9.64. The average Bonchev–Trinajstić information content (AvgIpc) is 3.07. The number of benzene rings is 1. The number of amides is 2. The number of fused-ring (bicyclic) bond motifs is 1. The van der Waals surface area contributed by atoms with Crippen molar-refractivity contribution in [1.29, 1.82) is 5.26 Å². The van der Waals surface area contributed by atoms with Crippen molar-refractivity contribution in [3.05, 3.63) is 42.1 Å². The number of hydrogen-bond acceptors (Lipinski definition) is 3. The fourth-order valence-corrected chi connectivity index (χ4v) is 3.74. The van der Waals surface area contributed by atoms with Gasteiger partial charge in [0, 0.05) is 68.4 Å². The summed E-state index contributed by atoms with van der Waals surface area (Å²) in [5, 5.41) is 9.93. The fraction of sp³-hybridized carbons (Fsp3) is 0.409. The van der Waals surface area contributed by atoms with Gasteiger partial charge < -0.3 is 14.4 Å². The van der Waals surface area contributed by atoms with Crippen molar-refractivity contribution < 1.29 is 9.59 Å². The normalized spacial score (nSPS) is 15.1. The summed E-state index contributed by atoms with van der Waals surface area (Å²) < 4.78 is 2.06. The van der Waals surface area contributed by atoms with Gasteiger partial charge in [-0.25, -0.2) is 0 Å². The second-order valence-corrected chi connectivity index (χ2v) is 7.37. The van der Waals surface area contributed by atoms with E-state index in [0.717, 1.165) is 16.5 Å². The van der Waals surface area contributed by atoms with E-state index in [0.29, 0.717) is 38.9 Å². The molecule has 1 aromatic heterocycles. The van der Waals surface area contributed by atoms with Crippen LogP contribution in [0.5, 0.6) is 0 Å². The maximum absolute atomic E-state index is 12.6. The summed E-state index contributed by atoms with van der Waals surface area (Å²) in [4.78, 5) is 28.1. The molecule has 6 heteroatoms. The van der Waals surface area contributed by atoms with Crippen LogP contribution < -0.4 is 0 Å². The molecule has 0 N–H and O–H groups in total. The highest BCUT2D eigenvalue weighted by Gasteiger charge is 2.27. The van der Waals surface area contributed by atoms with Crippen LogP contribution in [0.15, 0.2) is 36.5 Å². The zero-order valence-electron chi connectivity index (χ0n) is 16.5. The zero-order chi connectivity index (χ0) is 20.1. The quantitative estimate of drug-likeness (QED) is 0.751. The third-order valence-corrected chi connectivity index (χ3v) is 5.29. The van der Waals surface area contributed by atoms with Crippen molar-refractivity contribution in [1.82, 2.24) is 14.4 Å². The number of rotatable bonds is 5. The minimum absolute atomic E-state index is 0.0149. The molecule has 3 rings (SSSR count). The van der Waals surface area contributed by atoms with Crippen LogP contribution in [0, 0.1) is 17.2 Å². The van der Waals surface area contributed by atoms with Gasteiger partial charge in [0.1, 0.15) is 0 Å². The molecule has 2 heterocycles. The topological polar surface area (TPSA) is 69.3 Å². The Kier molecular flexibility index (Phi) is 6.15. The van der Waals surface area contributed by atoms with Crippen molar-refractivity contribution in [3.63, 3.8) is 0 Å². The summed E-state index contributed by atoms with van der Waals surface area (Å²) in [5.41, 5.74) is 2.03. The van der Waals surface area contributed by atoms with E-state index >= 15 is 0 Å². The van der Waals surface area contributed by atoms with Crippen LogP contribution in [0.1, 0.15) is 24.8 Å². The van der Waals surface area contributed by atoms with E-state index in [1.807, 2.05) is 41.4 Å². The molecule has 0 radical (unpaired) electrons. The van der Waals surface area contributed by atoms with Crippen molar-refractivity contribution in [2.45, 2.75) is 25.8 Å². The molecule has 2 amide bonds. The summed E-state index contributed by atoms with van der Waals surface area (Å²) >= 11 is 0. The van der Waals surface area contributed by atoms with Gasteiger partial charge in [0.2, 0.25) is 11.8 Å². The Morgan fingerprint density at radius 3 is 2.64 bits per heavy atom. The minimum atomic E-state index is -0.0235. The first kappa shape index (κ1) is 19.7. The van der Waals surface area contributed by atoms with Crippen molar-refractivity contribution in [2.24, 2.45) is 5.92 Å².